The first-order valence-corrected chi connectivity index (χ1v) is 6.37. The van der Waals surface area contributed by atoms with Gasteiger partial charge in [0.2, 0.25) is 0 Å². The van der Waals surface area contributed by atoms with Gasteiger partial charge in [-0.1, -0.05) is 18.2 Å². The number of hydrogen-bond donors (Lipinski definition) is 1. The molecule has 2 atom stereocenters. The van der Waals surface area contributed by atoms with Crippen molar-refractivity contribution in [3.8, 4) is 0 Å². The van der Waals surface area contributed by atoms with Gasteiger partial charge in [-0.25, -0.2) is 4.39 Å². The molecule has 1 aromatic carbocycles. The Bertz CT molecular complexity index is 507. The number of nitrogens with zero attached hydrogens (tertiary/aromatic N) is 2. The molecule has 0 saturated heterocycles. The maximum absolute atomic E-state index is 13.7. The molecule has 1 N–H and O–H groups in total. The minimum absolute atomic E-state index is 0.0170. The predicted octanol–water partition coefficient (Wildman–Crippen LogP) is 3.34. The molecular weight excluding hydrogens is 241 g/mol. The zero-order valence-electron chi connectivity index (χ0n) is 11.4. The third-order valence-electron chi connectivity index (χ3n) is 3.20. The van der Waals surface area contributed by atoms with Crippen LogP contribution in [0.15, 0.2) is 36.7 Å². The van der Waals surface area contributed by atoms with E-state index in [1.54, 1.807) is 24.5 Å². The third-order valence-corrected chi connectivity index (χ3v) is 3.20. The lowest BCUT2D eigenvalue weighted by Gasteiger charge is -2.21. The first-order chi connectivity index (χ1) is 9.09. The number of benzene rings is 1. The molecule has 2 rings (SSSR count). The molecule has 1 heterocycles. The zero-order chi connectivity index (χ0) is 13.8. The van der Waals surface area contributed by atoms with Gasteiger partial charge in [-0.2, -0.15) is 0 Å². The summed E-state index contributed by atoms with van der Waals surface area (Å²) >= 11 is 0. The average Bonchev–Trinajstić information content (AvgIpc) is 2.39. The Kier molecular flexibility index (Phi) is 4.22. The monoisotopic (exact) mass is 259 g/mol. The molecule has 0 aliphatic carbocycles. The maximum atomic E-state index is 13.7. The van der Waals surface area contributed by atoms with Crippen molar-refractivity contribution in [2.75, 3.05) is 0 Å². The van der Waals surface area contributed by atoms with Crippen LogP contribution in [0.2, 0.25) is 0 Å². The molecule has 0 aliphatic rings. The van der Waals surface area contributed by atoms with Gasteiger partial charge in [0, 0.05) is 30.0 Å². The van der Waals surface area contributed by atoms with Crippen molar-refractivity contribution < 1.29 is 4.39 Å². The van der Waals surface area contributed by atoms with Gasteiger partial charge < -0.3 is 5.32 Å². The van der Waals surface area contributed by atoms with Crippen molar-refractivity contribution in [1.29, 1.82) is 0 Å². The Morgan fingerprint density at radius 3 is 2.42 bits per heavy atom. The van der Waals surface area contributed by atoms with Gasteiger partial charge in [0.15, 0.2) is 0 Å². The third kappa shape index (κ3) is 3.15. The highest BCUT2D eigenvalue weighted by Crippen LogP contribution is 2.21. The molecule has 0 saturated carbocycles. The molecule has 4 heteroatoms. The van der Waals surface area contributed by atoms with Crippen molar-refractivity contribution in [1.82, 2.24) is 15.3 Å². The minimum atomic E-state index is -0.189. The molecule has 100 valence electrons. The van der Waals surface area contributed by atoms with Crippen molar-refractivity contribution in [3.63, 3.8) is 0 Å². The molecule has 0 amide bonds. The Morgan fingerprint density at radius 1 is 1.05 bits per heavy atom. The quantitative estimate of drug-likeness (QED) is 0.915. The van der Waals surface area contributed by atoms with Crippen LogP contribution < -0.4 is 5.32 Å². The Balaban J connectivity index is 2.13. The summed E-state index contributed by atoms with van der Waals surface area (Å²) in [5, 5.41) is 3.35. The number of hydrogen-bond acceptors (Lipinski definition) is 3. The Labute approximate surface area is 112 Å². The molecule has 0 bridgehead atoms. The van der Waals surface area contributed by atoms with Crippen LogP contribution >= 0.6 is 0 Å². The molecule has 1 aromatic heterocycles. The number of nitrogens with one attached hydrogen (secondary N) is 1. The van der Waals surface area contributed by atoms with E-state index in [-0.39, 0.29) is 17.9 Å². The van der Waals surface area contributed by atoms with Crippen LogP contribution in [0.5, 0.6) is 0 Å². The molecule has 0 spiro atoms. The Hall–Kier alpha value is -1.81. The van der Waals surface area contributed by atoms with Gasteiger partial charge in [-0.15, -0.1) is 0 Å². The van der Waals surface area contributed by atoms with Gasteiger partial charge in [0.05, 0.1) is 11.4 Å². The molecule has 1 unspecified atom stereocenters. The normalized spacial score (nSPS) is 14.1. The summed E-state index contributed by atoms with van der Waals surface area (Å²) in [7, 11) is 0. The summed E-state index contributed by atoms with van der Waals surface area (Å²) in [6.07, 6.45) is 3.35. The fraction of sp³-hybridized carbons (Fsp3) is 0.333. The maximum Gasteiger partial charge on any atom is 0.127 e. The summed E-state index contributed by atoms with van der Waals surface area (Å²) in [6, 6.07) is 6.74. The highest BCUT2D eigenvalue weighted by atomic mass is 19.1. The predicted molar refractivity (Wildman–Crippen MR) is 73.1 cm³/mol. The summed E-state index contributed by atoms with van der Waals surface area (Å²) in [5.74, 6) is -0.189. The van der Waals surface area contributed by atoms with Crippen molar-refractivity contribution in [3.05, 3.63) is 59.4 Å². The van der Waals surface area contributed by atoms with Crippen LogP contribution in [0.3, 0.4) is 0 Å². The topological polar surface area (TPSA) is 37.8 Å². The van der Waals surface area contributed by atoms with Gasteiger partial charge in [0.25, 0.3) is 0 Å². The van der Waals surface area contributed by atoms with E-state index in [0.29, 0.717) is 5.56 Å². The van der Waals surface area contributed by atoms with Crippen molar-refractivity contribution in [2.24, 2.45) is 0 Å². The molecule has 19 heavy (non-hydrogen) atoms. The smallest absolute Gasteiger partial charge is 0.127 e. The molecule has 0 aliphatic heterocycles. The molecular formula is C15H18FN3. The second-order valence-corrected chi connectivity index (χ2v) is 4.66. The van der Waals surface area contributed by atoms with Crippen molar-refractivity contribution in [2.45, 2.75) is 32.9 Å². The molecule has 0 fully saturated rings. The van der Waals surface area contributed by atoms with E-state index in [1.807, 2.05) is 26.8 Å². The van der Waals surface area contributed by atoms with Crippen LogP contribution in [-0.4, -0.2) is 9.97 Å². The SMILES string of the molecule is Cc1nccnc1C(C)N[C@H](C)c1ccccc1F. The molecule has 3 nitrogen and oxygen atoms in total. The van der Waals surface area contributed by atoms with Crippen LogP contribution in [0.4, 0.5) is 4.39 Å². The van der Waals surface area contributed by atoms with Gasteiger partial charge >= 0.3 is 0 Å². The number of rotatable bonds is 4. The van der Waals surface area contributed by atoms with Gasteiger partial charge in [0.1, 0.15) is 5.82 Å². The van der Waals surface area contributed by atoms with Crippen LogP contribution in [-0.2, 0) is 0 Å². The van der Waals surface area contributed by atoms with Crippen LogP contribution in [0.1, 0.15) is 42.9 Å². The first-order valence-electron chi connectivity index (χ1n) is 6.37. The van der Waals surface area contributed by atoms with Gasteiger partial charge in [-0.3, -0.25) is 9.97 Å². The standard InChI is InChI=1S/C15H18FN3/c1-10(13-6-4-5-7-14(13)16)19-12(3)15-11(2)17-8-9-18-15/h4-10,12,19H,1-3H3/t10-,12?/m1/s1. The fourth-order valence-electron chi connectivity index (χ4n) is 2.21. The number of halogens is 1. The van der Waals surface area contributed by atoms with E-state index in [2.05, 4.69) is 15.3 Å². The minimum Gasteiger partial charge on any atom is -0.302 e. The van der Waals surface area contributed by atoms with Crippen LogP contribution in [0.25, 0.3) is 0 Å². The summed E-state index contributed by atoms with van der Waals surface area (Å²) in [6.45, 7) is 5.88. The van der Waals surface area contributed by atoms with E-state index in [1.165, 1.54) is 6.07 Å². The zero-order valence-corrected chi connectivity index (χ0v) is 11.4. The second kappa shape index (κ2) is 5.89. The number of aryl methyl sites for hydroxylation is 1. The lowest BCUT2D eigenvalue weighted by atomic mass is 10.1. The lowest BCUT2D eigenvalue weighted by molar-refractivity contribution is 0.465. The van der Waals surface area contributed by atoms with Crippen LogP contribution in [0, 0.1) is 12.7 Å². The van der Waals surface area contributed by atoms with E-state index in [0.717, 1.165) is 11.4 Å². The summed E-state index contributed by atoms with van der Waals surface area (Å²) < 4.78 is 13.7. The molecule has 0 radical (unpaired) electrons. The lowest BCUT2D eigenvalue weighted by Crippen LogP contribution is -2.24. The largest absolute Gasteiger partial charge is 0.302 e. The Morgan fingerprint density at radius 2 is 1.74 bits per heavy atom. The summed E-state index contributed by atoms with van der Waals surface area (Å²) in [5.41, 5.74) is 2.45. The highest BCUT2D eigenvalue weighted by molar-refractivity contribution is 5.21. The second-order valence-electron chi connectivity index (χ2n) is 4.66. The van der Waals surface area contributed by atoms with E-state index >= 15 is 0 Å². The number of aromatic nitrogens is 2. The van der Waals surface area contributed by atoms with Gasteiger partial charge in [-0.05, 0) is 26.8 Å². The van der Waals surface area contributed by atoms with E-state index in [9.17, 15) is 4.39 Å². The molecule has 2 aromatic rings. The van der Waals surface area contributed by atoms with Crippen molar-refractivity contribution >= 4 is 0 Å². The van der Waals surface area contributed by atoms with E-state index in [4.69, 9.17) is 0 Å². The average molecular weight is 259 g/mol. The van der Waals surface area contributed by atoms with E-state index < -0.39 is 0 Å². The summed E-state index contributed by atoms with van der Waals surface area (Å²) in [4.78, 5) is 8.55. The fourth-order valence-corrected chi connectivity index (χ4v) is 2.21. The first kappa shape index (κ1) is 13.6. The highest BCUT2D eigenvalue weighted by Gasteiger charge is 2.16.